The third-order valence-corrected chi connectivity index (χ3v) is 4.18. The zero-order valence-corrected chi connectivity index (χ0v) is 17.6. The molecule has 0 saturated carbocycles. The molecule has 6 nitrogen and oxygen atoms in total. The SMILES string of the molecule is CCCC(=O)Nc1ccc(CNC(=NC)NCc2ccc(OCC(F)(F)F)cc2)cc1. The van der Waals surface area contributed by atoms with E-state index in [1.165, 1.54) is 12.1 Å². The molecular formula is C22H27F3N4O2. The van der Waals surface area contributed by atoms with E-state index in [-0.39, 0.29) is 11.7 Å². The summed E-state index contributed by atoms with van der Waals surface area (Å²) in [6.45, 7) is 1.62. The molecule has 0 aliphatic rings. The zero-order chi connectivity index (χ0) is 22.7. The van der Waals surface area contributed by atoms with Crippen molar-refractivity contribution in [3.05, 3.63) is 59.7 Å². The van der Waals surface area contributed by atoms with E-state index in [4.69, 9.17) is 4.74 Å². The number of carbonyl (C=O) groups excluding carboxylic acids is 1. The molecule has 168 valence electrons. The fraction of sp³-hybridized carbons (Fsp3) is 0.364. The van der Waals surface area contributed by atoms with Gasteiger partial charge in [0.15, 0.2) is 12.6 Å². The van der Waals surface area contributed by atoms with E-state index in [2.05, 4.69) is 20.9 Å². The highest BCUT2D eigenvalue weighted by Gasteiger charge is 2.28. The van der Waals surface area contributed by atoms with E-state index in [0.29, 0.717) is 25.5 Å². The molecule has 2 aromatic rings. The van der Waals surface area contributed by atoms with Crippen LogP contribution in [-0.4, -0.2) is 31.7 Å². The average Bonchev–Trinajstić information content (AvgIpc) is 2.74. The Balaban J connectivity index is 1.78. The zero-order valence-electron chi connectivity index (χ0n) is 17.6. The van der Waals surface area contributed by atoms with Gasteiger partial charge in [0.05, 0.1) is 0 Å². The predicted octanol–water partition coefficient (Wildman–Crippen LogP) is 4.23. The molecule has 0 unspecified atom stereocenters. The summed E-state index contributed by atoms with van der Waals surface area (Å²) in [5.74, 6) is 0.744. The third kappa shape index (κ3) is 9.41. The molecule has 2 rings (SSSR count). The molecule has 31 heavy (non-hydrogen) atoms. The number of ether oxygens (including phenoxy) is 1. The summed E-state index contributed by atoms with van der Waals surface area (Å²) >= 11 is 0. The number of guanidine groups is 1. The van der Waals surface area contributed by atoms with E-state index in [1.807, 2.05) is 31.2 Å². The Morgan fingerprint density at radius 3 is 2.00 bits per heavy atom. The largest absolute Gasteiger partial charge is 0.484 e. The van der Waals surface area contributed by atoms with Gasteiger partial charge < -0.3 is 20.7 Å². The van der Waals surface area contributed by atoms with Gasteiger partial charge in [0.25, 0.3) is 0 Å². The number of aliphatic imine (C=N–C) groups is 1. The van der Waals surface area contributed by atoms with Crippen LogP contribution in [-0.2, 0) is 17.9 Å². The second-order valence-corrected chi connectivity index (χ2v) is 6.82. The lowest BCUT2D eigenvalue weighted by molar-refractivity contribution is -0.153. The molecule has 0 atom stereocenters. The molecule has 0 bridgehead atoms. The Bertz CT molecular complexity index is 851. The van der Waals surface area contributed by atoms with Gasteiger partial charge in [-0.05, 0) is 41.8 Å². The number of benzene rings is 2. The van der Waals surface area contributed by atoms with Crippen LogP contribution in [0, 0.1) is 0 Å². The van der Waals surface area contributed by atoms with Gasteiger partial charge in [-0.2, -0.15) is 13.2 Å². The highest BCUT2D eigenvalue weighted by Crippen LogP contribution is 2.18. The number of amides is 1. The van der Waals surface area contributed by atoms with Crippen molar-refractivity contribution in [2.45, 2.75) is 39.0 Å². The molecule has 2 aromatic carbocycles. The Morgan fingerprint density at radius 2 is 1.52 bits per heavy atom. The molecular weight excluding hydrogens is 409 g/mol. The van der Waals surface area contributed by atoms with E-state index in [9.17, 15) is 18.0 Å². The van der Waals surface area contributed by atoms with Crippen LogP contribution in [0.5, 0.6) is 5.75 Å². The molecule has 9 heteroatoms. The van der Waals surface area contributed by atoms with E-state index in [0.717, 1.165) is 23.2 Å². The van der Waals surface area contributed by atoms with Gasteiger partial charge in [0.2, 0.25) is 5.91 Å². The van der Waals surface area contributed by atoms with Gasteiger partial charge in [-0.1, -0.05) is 31.2 Å². The lowest BCUT2D eigenvalue weighted by atomic mass is 10.2. The minimum Gasteiger partial charge on any atom is -0.484 e. The lowest BCUT2D eigenvalue weighted by Crippen LogP contribution is -2.36. The van der Waals surface area contributed by atoms with Gasteiger partial charge in [-0.15, -0.1) is 0 Å². The van der Waals surface area contributed by atoms with E-state index in [1.54, 1.807) is 19.2 Å². The number of hydrogen-bond donors (Lipinski definition) is 3. The predicted molar refractivity (Wildman–Crippen MR) is 115 cm³/mol. The van der Waals surface area contributed by atoms with Gasteiger partial charge in [-0.25, -0.2) is 0 Å². The first-order valence-electron chi connectivity index (χ1n) is 9.91. The minimum atomic E-state index is -4.36. The Labute approximate surface area is 179 Å². The van der Waals surface area contributed by atoms with Crippen molar-refractivity contribution < 1.29 is 22.7 Å². The van der Waals surface area contributed by atoms with Crippen LogP contribution in [0.4, 0.5) is 18.9 Å². The fourth-order valence-electron chi connectivity index (χ4n) is 2.62. The molecule has 0 aliphatic carbocycles. The first-order valence-corrected chi connectivity index (χ1v) is 9.91. The quantitative estimate of drug-likeness (QED) is 0.406. The molecule has 0 fully saturated rings. The topological polar surface area (TPSA) is 74.8 Å². The van der Waals surface area contributed by atoms with Gasteiger partial charge in [0.1, 0.15) is 5.75 Å². The van der Waals surface area contributed by atoms with Crippen LogP contribution in [0.3, 0.4) is 0 Å². The first kappa shape index (κ1) is 24.0. The van der Waals surface area contributed by atoms with Crippen molar-refractivity contribution in [3.8, 4) is 5.75 Å². The highest BCUT2D eigenvalue weighted by molar-refractivity contribution is 5.90. The number of halogens is 3. The summed E-state index contributed by atoms with van der Waals surface area (Å²) in [5.41, 5.74) is 2.64. The highest BCUT2D eigenvalue weighted by atomic mass is 19.4. The number of carbonyl (C=O) groups is 1. The lowest BCUT2D eigenvalue weighted by Gasteiger charge is -2.13. The summed E-state index contributed by atoms with van der Waals surface area (Å²) in [6.07, 6.45) is -3.06. The summed E-state index contributed by atoms with van der Waals surface area (Å²) < 4.78 is 41.3. The van der Waals surface area contributed by atoms with Crippen LogP contribution in [0.1, 0.15) is 30.9 Å². The van der Waals surface area contributed by atoms with Crippen molar-refractivity contribution in [2.24, 2.45) is 4.99 Å². The maximum absolute atomic E-state index is 12.2. The summed E-state index contributed by atoms with van der Waals surface area (Å²) in [7, 11) is 1.65. The van der Waals surface area contributed by atoms with E-state index >= 15 is 0 Å². The van der Waals surface area contributed by atoms with Crippen molar-refractivity contribution in [1.82, 2.24) is 10.6 Å². The molecule has 1 amide bonds. The molecule has 0 radical (unpaired) electrons. The molecule has 0 aliphatic heterocycles. The molecule has 0 spiro atoms. The maximum atomic E-state index is 12.2. The summed E-state index contributed by atoms with van der Waals surface area (Å²) in [4.78, 5) is 15.8. The van der Waals surface area contributed by atoms with Crippen molar-refractivity contribution in [3.63, 3.8) is 0 Å². The number of hydrogen-bond acceptors (Lipinski definition) is 3. The third-order valence-electron chi connectivity index (χ3n) is 4.18. The van der Waals surface area contributed by atoms with Crippen molar-refractivity contribution >= 4 is 17.6 Å². The van der Waals surface area contributed by atoms with Gasteiger partial charge in [-0.3, -0.25) is 9.79 Å². The number of nitrogens with zero attached hydrogens (tertiary/aromatic N) is 1. The molecule has 0 saturated heterocycles. The number of alkyl halides is 3. The van der Waals surface area contributed by atoms with Crippen LogP contribution < -0.4 is 20.7 Å². The standard InChI is InChI=1S/C22H27F3N4O2/c1-3-4-20(30)29-18-9-5-16(6-10-18)13-27-21(26-2)28-14-17-7-11-19(12-8-17)31-15-22(23,24)25/h5-12H,3-4,13-15H2,1-2H3,(H,29,30)(H2,26,27,28). The Hall–Kier alpha value is -3.23. The second kappa shape index (κ2) is 11.8. The van der Waals surface area contributed by atoms with E-state index < -0.39 is 12.8 Å². The molecule has 0 aromatic heterocycles. The van der Waals surface area contributed by atoms with Crippen LogP contribution >= 0.6 is 0 Å². The Morgan fingerprint density at radius 1 is 0.968 bits per heavy atom. The van der Waals surface area contributed by atoms with Crippen molar-refractivity contribution in [1.29, 1.82) is 0 Å². The van der Waals surface area contributed by atoms with Crippen molar-refractivity contribution in [2.75, 3.05) is 19.0 Å². The summed E-state index contributed by atoms with van der Waals surface area (Å²) in [5, 5.41) is 9.17. The summed E-state index contributed by atoms with van der Waals surface area (Å²) in [6, 6.07) is 13.9. The van der Waals surface area contributed by atoms with Crippen LogP contribution in [0.2, 0.25) is 0 Å². The molecule has 3 N–H and O–H groups in total. The van der Waals surface area contributed by atoms with Crippen LogP contribution in [0.15, 0.2) is 53.5 Å². The monoisotopic (exact) mass is 436 g/mol. The second-order valence-electron chi connectivity index (χ2n) is 6.82. The average molecular weight is 436 g/mol. The number of anilines is 1. The molecule has 0 heterocycles. The maximum Gasteiger partial charge on any atom is 0.422 e. The smallest absolute Gasteiger partial charge is 0.422 e. The van der Waals surface area contributed by atoms with Gasteiger partial charge in [0, 0.05) is 32.2 Å². The van der Waals surface area contributed by atoms with Gasteiger partial charge >= 0.3 is 6.18 Å². The fourth-order valence-corrected chi connectivity index (χ4v) is 2.62. The minimum absolute atomic E-state index is 0.00192. The Kier molecular flexibility index (Phi) is 9.17. The number of nitrogens with one attached hydrogen (secondary N) is 3. The number of rotatable bonds is 9. The normalized spacial score (nSPS) is 11.7. The van der Waals surface area contributed by atoms with Crippen LogP contribution in [0.25, 0.3) is 0 Å². The first-order chi connectivity index (χ1) is 14.8.